The molecule has 17 nitrogen and oxygen atoms in total. The Balaban J connectivity index is 0.000000215. The predicted molar refractivity (Wildman–Crippen MR) is 232 cm³/mol. The van der Waals surface area contributed by atoms with Crippen molar-refractivity contribution in [2.75, 3.05) is 23.8 Å². The van der Waals surface area contributed by atoms with Gasteiger partial charge in [0.15, 0.2) is 0 Å². The Labute approximate surface area is 356 Å². The molecule has 2 amide bonds. The summed E-state index contributed by atoms with van der Waals surface area (Å²) in [7, 11) is 0. The zero-order valence-electron chi connectivity index (χ0n) is 34.8. The third-order valence-corrected chi connectivity index (χ3v) is 7.86. The molecule has 0 aliphatic heterocycles. The average Bonchev–Trinajstić information content (AvgIpc) is 3.23. The zero-order chi connectivity index (χ0) is 45.1. The van der Waals surface area contributed by atoms with Crippen LogP contribution in [0, 0.1) is 0 Å². The summed E-state index contributed by atoms with van der Waals surface area (Å²) in [4.78, 5) is 57.2. The number of phenolic OH excluding ortho intramolecular Hbond substituents is 1. The number of carbonyl (C=O) groups is 3. The molecule has 2 heterocycles. The van der Waals surface area contributed by atoms with Crippen molar-refractivity contribution in [1.82, 2.24) is 20.0 Å². The quantitative estimate of drug-likeness (QED) is 0.0505. The van der Waals surface area contributed by atoms with E-state index in [9.17, 15) is 29.1 Å². The second kappa shape index (κ2) is 23.1. The predicted octanol–water partition coefficient (Wildman–Crippen LogP) is 7.73. The summed E-state index contributed by atoms with van der Waals surface area (Å²) in [5.41, 5.74) is 4.49. The normalized spacial score (nSPS) is 10.4. The van der Waals surface area contributed by atoms with Crippen molar-refractivity contribution in [3.8, 4) is 34.0 Å². The van der Waals surface area contributed by atoms with Gasteiger partial charge >= 0.3 is 18.3 Å². The summed E-state index contributed by atoms with van der Waals surface area (Å²) >= 11 is 0. The highest BCUT2D eigenvalue weighted by Gasteiger charge is 2.18. The first kappa shape index (κ1) is 46.9. The van der Waals surface area contributed by atoms with E-state index in [1.807, 2.05) is 6.07 Å². The van der Waals surface area contributed by atoms with Crippen LogP contribution in [0.15, 0.2) is 131 Å². The van der Waals surface area contributed by atoms with Crippen LogP contribution in [0.3, 0.4) is 0 Å². The fourth-order valence-corrected chi connectivity index (χ4v) is 5.15. The van der Waals surface area contributed by atoms with Gasteiger partial charge < -0.3 is 29.2 Å². The van der Waals surface area contributed by atoms with Crippen molar-refractivity contribution in [1.29, 1.82) is 0 Å². The molecule has 6 aromatic rings. The molecule has 0 atom stereocenters. The van der Waals surface area contributed by atoms with Crippen LogP contribution in [0.1, 0.15) is 45.7 Å². The highest BCUT2D eigenvalue weighted by Crippen LogP contribution is 2.22. The largest absolute Gasteiger partial charge is 0.514 e. The number of benzene rings is 4. The molecule has 0 aliphatic rings. The number of aromatic nitrogens is 4. The van der Waals surface area contributed by atoms with Crippen LogP contribution in [-0.4, -0.2) is 67.3 Å². The molecule has 0 unspecified atom stereocenters. The van der Waals surface area contributed by atoms with Crippen LogP contribution < -0.4 is 26.5 Å². The van der Waals surface area contributed by atoms with E-state index in [-0.39, 0.29) is 36.6 Å². The molecular weight excluding hydrogens is 801 g/mol. The highest BCUT2D eigenvalue weighted by molar-refractivity contribution is 5.85. The number of aromatic hydroxyl groups is 1. The second-order valence-electron chi connectivity index (χ2n) is 13.9. The second-order valence-corrected chi connectivity index (χ2v) is 13.9. The molecule has 0 fully saturated rings. The minimum atomic E-state index is -0.752. The number of aliphatic hydroxyl groups excluding tert-OH is 1. The van der Waals surface area contributed by atoms with Crippen LogP contribution in [0.4, 0.5) is 25.8 Å². The summed E-state index contributed by atoms with van der Waals surface area (Å²) < 4.78 is 21.0. The molecule has 2 aromatic heterocycles. The van der Waals surface area contributed by atoms with Gasteiger partial charge in [0.05, 0.1) is 37.8 Å². The van der Waals surface area contributed by atoms with E-state index in [2.05, 4.69) is 25.9 Å². The highest BCUT2D eigenvalue weighted by atomic mass is 16.7. The lowest BCUT2D eigenvalue weighted by atomic mass is 10.1. The SMILES string of the molecule is CC(C)(C)OC(=O)Oc1ccc(-c2ccc(=O)[nH]n2)cc1.CCOC(=O)Nc1cccc(CO)c1.CCOC(=O)Nc1cccc(Cn2nc(-c3ccc(O)cc3)ccc2=O)c1. The van der Waals surface area contributed by atoms with Gasteiger partial charge in [0, 0.05) is 34.6 Å². The Hall–Kier alpha value is -7.79. The van der Waals surface area contributed by atoms with Crippen LogP contribution in [0.25, 0.3) is 22.5 Å². The van der Waals surface area contributed by atoms with Crippen LogP contribution in [0.5, 0.6) is 11.5 Å². The molecule has 0 saturated carbocycles. The molecule has 62 heavy (non-hydrogen) atoms. The molecule has 0 radical (unpaired) electrons. The van der Waals surface area contributed by atoms with Crippen LogP contribution in [-0.2, 0) is 27.4 Å². The van der Waals surface area contributed by atoms with Gasteiger partial charge in [-0.2, -0.15) is 10.2 Å². The molecule has 4 aromatic carbocycles. The van der Waals surface area contributed by atoms with Gasteiger partial charge in [0.1, 0.15) is 17.1 Å². The number of ether oxygens (including phenoxy) is 4. The van der Waals surface area contributed by atoms with Crippen molar-refractivity contribution in [3.63, 3.8) is 0 Å². The van der Waals surface area contributed by atoms with E-state index in [1.165, 1.54) is 16.8 Å². The minimum Gasteiger partial charge on any atom is -0.508 e. The van der Waals surface area contributed by atoms with Crippen molar-refractivity contribution in [2.24, 2.45) is 0 Å². The van der Waals surface area contributed by atoms with Gasteiger partial charge in [-0.25, -0.2) is 24.2 Å². The van der Waals surface area contributed by atoms with Crippen molar-refractivity contribution < 1.29 is 43.5 Å². The maximum Gasteiger partial charge on any atom is 0.514 e. The van der Waals surface area contributed by atoms with Gasteiger partial charge in [0.2, 0.25) is 0 Å². The lowest BCUT2D eigenvalue weighted by molar-refractivity contribution is 0.0206. The van der Waals surface area contributed by atoms with E-state index in [1.54, 1.807) is 138 Å². The summed E-state index contributed by atoms with van der Waals surface area (Å²) in [6, 6.07) is 33.5. The number of H-pyrrole nitrogens is 1. The Morgan fingerprint density at radius 1 is 0.710 bits per heavy atom. The lowest BCUT2D eigenvalue weighted by Crippen LogP contribution is -2.25. The number of nitrogens with one attached hydrogen (secondary N) is 3. The first-order valence-corrected chi connectivity index (χ1v) is 19.3. The van der Waals surface area contributed by atoms with E-state index in [0.29, 0.717) is 35.1 Å². The maximum absolute atomic E-state index is 12.2. The number of rotatable bonds is 10. The Morgan fingerprint density at radius 2 is 1.26 bits per heavy atom. The Bertz CT molecular complexity index is 2500. The van der Waals surface area contributed by atoms with E-state index in [0.717, 1.165) is 22.3 Å². The zero-order valence-corrected chi connectivity index (χ0v) is 34.8. The van der Waals surface area contributed by atoms with E-state index >= 15 is 0 Å². The average molecular weight is 849 g/mol. The van der Waals surface area contributed by atoms with E-state index in [4.69, 9.17) is 24.1 Å². The molecule has 324 valence electrons. The molecule has 17 heteroatoms. The summed E-state index contributed by atoms with van der Waals surface area (Å²) in [6.45, 7) is 9.60. The molecule has 0 saturated heterocycles. The van der Waals surface area contributed by atoms with Crippen molar-refractivity contribution in [3.05, 3.63) is 153 Å². The number of aliphatic hydroxyl groups is 1. The third kappa shape index (κ3) is 16.1. The number of aromatic amines is 1. The van der Waals surface area contributed by atoms with Crippen LogP contribution >= 0.6 is 0 Å². The van der Waals surface area contributed by atoms with Crippen LogP contribution in [0.2, 0.25) is 0 Å². The van der Waals surface area contributed by atoms with Gasteiger partial charge in [0.25, 0.3) is 11.1 Å². The third-order valence-electron chi connectivity index (χ3n) is 7.86. The van der Waals surface area contributed by atoms with Crippen molar-refractivity contribution >= 4 is 29.7 Å². The Morgan fingerprint density at radius 3 is 1.81 bits per heavy atom. The molecule has 0 spiro atoms. The number of amides is 2. The standard InChI is InChI=1S/C20H19N3O4.C15H16N2O4.C10H13NO3/c1-2-27-20(26)21-16-5-3-4-14(12-16)13-23-19(25)11-10-18(22-23)15-6-8-17(24)9-7-15;1-15(2,3)21-14(19)20-11-6-4-10(5-7-11)12-8-9-13(18)17-16-12;1-2-14-10(13)11-9-5-3-4-8(6-9)7-12/h3-12,24H,2,13H2,1H3,(H,21,26);4-9H,1-3H3,(H,17,18);3-6,12H,2,7H2,1H3,(H,11,13). The number of nitrogens with zero attached hydrogens (tertiary/aromatic N) is 3. The number of hydrogen-bond donors (Lipinski definition) is 5. The number of hydrogen-bond acceptors (Lipinski definition) is 13. The van der Waals surface area contributed by atoms with Gasteiger partial charge in [-0.3, -0.25) is 20.2 Å². The molecule has 5 N–H and O–H groups in total. The summed E-state index contributed by atoms with van der Waals surface area (Å²) in [6.07, 6.45) is -1.76. The van der Waals surface area contributed by atoms with Gasteiger partial charge in [-0.1, -0.05) is 24.3 Å². The summed E-state index contributed by atoms with van der Waals surface area (Å²) in [5.74, 6) is 0.537. The number of anilines is 2. The molecular formula is C45H48N6O11. The van der Waals surface area contributed by atoms with Gasteiger partial charge in [-0.05, 0) is 131 Å². The summed E-state index contributed by atoms with van der Waals surface area (Å²) in [5, 5.41) is 34.1. The monoisotopic (exact) mass is 848 g/mol. The smallest absolute Gasteiger partial charge is 0.508 e. The number of phenols is 1. The number of carbonyl (C=O) groups excluding carboxylic acids is 3. The van der Waals surface area contributed by atoms with Gasteiger partial charge in [-0.15, -0.1) is 0 Å². The molecule has 0 bridgehead atoms. The van der Waals surface area contributed by atoms with E-state index < -0.39 is 23.9 Å². The minimum absolute atomic E-state index is 0.0433. The first-order valence-electron chi connectivity index (χ1n) is 19.3. The first-order chi connectivity index (χ1) is 29.6. The Kier molecular flexibility index (Phi) is 17.5. The van der Waals surface area contributed by atoms with Crippen molar-refractivity contribution in [2.45, 2.75) is 53.4 Å². The topological polar surface area (TPSA) is 233 Å². The molecule has 0 aliphatic carbocycles. The fraction of sp³-hybridized carbons (Fsp3) is 0.222. The lowest BCUT2D eigenvalue weighted by Gasteiger charge is -2.18. The fourth-order valence-electron chi connectivity index (χ4n) is 5.15. The maximum atomic E-state index is 12.2. The molecule has 6 rings (SSSR count).